The van der Waals surface area contributed by atoms with E-state index >= 15 is 0 Å². The van der Waals surface area contributed by atoms with Crippen LogP contribution in [-0.4, -0.2) is 11.1 Å². The van der Waals surface area contributed by atoms with Gasteiger partial charge in [-0.05, 0) is 30.3 Å². The molecule has 6 heteroatoms. The maximum atomic E-state index is 13.6. The van der Waals surface area contributed by atoms with Gasteiger partial charge in [-0.2, -0.15) is 0 Å². The van der Waals surface area contributed by atoms with Crippen LogP contribution in [0.25, 0.3) is 0 Å². The van der Waals surface area contributed by atoms with Gasteiger partial charge in [-0.1, -0.05) is 33.6 Å². The second kappa shape index (κ2) is 6.24. The van der Waals surface area contributed by atoms with Crippen molar-refractivity contribution in [3.63, 3.8) is 0 Å². The molecule has 2 aromatic carbocycles. The van der Waals surface area contributed by atoms with Crippen LogP contribution < -0.4 is 4.74 Å². The lowest BCUT2D eigenvalue weighted by atomic mass is 10.2. The molecule has 20 heavy (non-hydrogen) atoms. The van der Waals surface area contributed by atoms with Crippen molar-refractivity contribution in [2.75, 3.05) is 0 Å². The van der Waals surface area contributed by atoms with E-state index in [1.165, 1.54) is 24.3 Å². The lowest BCUT2D eigenvalue weighted by Gasteiger charge is -2.11. The van der Waals surface area contributed by atoms with Gasteiger partial charge in [0.05, 0.1) is 5.02 Å². The number of ether oxygens (including phenoxy) is 1. The molecule has 2 aromatic rings. The molecule has 0 radical (unpaired) electrons. The normalized spacial score (nSPS) is 10.3. The minimum Gasteiger partial charge on any atom is -0.488 e. The van der Waals surface area contributed by atoms with E-state index < -0.39 is 11.8 Å². The Morgan fingerprint density at radius 1 is 1.35 bits per heavy atom. The van der Waals surface area contributed by atoms with Crippen molar-refractivity contribution in [3.8, 4) is 5.75 Å². The Morgan fingerprint density at radius 2 is 2.10 bits per heavy atom. The SMILES string of the molecule is O=C(O)c1cc(Br)ccc1OCc1c(F)cccc1Cl. The first-order valence-electron chi connectivity index (χ1n) is 5.57. The first-order valence-corrected chi connectivity index (χ1v) is 6.74. The van der Waals surface area contributed by atoms with Crippen LogP contribution in [0.5, 0.6) is 5.75 Å². The van der Waals surface area contributed by atoms with Crippen LogP contribution in [0.1, 0.15) is 15.9 Å². The number of hydrogen-bond donors (Lipinski definition) is 1. The molecule has 0 fully saturated rings. The average molecular weight is 360 g/mol. The third-order valence-corrected chi connectivity index (χ3v) is 3.45. The highest BCUT2D eigenvalue weighted by Gasteiger charge is 2.14. The number of carbonyl (C=O) groups is 1. The Kier molecular flexibility index (Phi) is 4.62. The molecule has 0 aromatic heterocycles. The molecule has 104 valence electrons. The van der Waals surface area contributed by atoms with Crippen LogP contribution in [-0.2, 0) is 6.61 Å². The van der Waals surface area contributed by atoms with Crippen molar-refractivity contribution in [3.05, 3.63) is 62.8 Å². The van der Waals surface area contributed by atoms with E-state index in [0.717, 1.165) is 0 Å². The minimum atomic E-state index is -1.12. The Hall–Kier alpha value is -1.59. The number of hydrogen-bond acceptors (Lipinski definition) is 2. The predicted molar refractivity (Wildman–Crippen MR) is 76.8 cm³/mol. The summed E-state index contributed by atoms with van der Waals surface area (Å²) in [7, 11) is 0. The number of aromatic carboxylic acids is 1. The second-order valence-electron chi connectivity index (χ2n) is 3.93. The van der Waals surface area contributed by atoms with Crippen LogP contribution in [0.2, 0.25) is 5.02 Å². The van der Waals surface area contributed by atoms with Gasteiger partial charge < -0.3 is 9.84 Å². The highest BCUT2D eigenvalue weighted by molar-refractivity contribution is 9.10. The molecule has 2 rings (SSSR count). The Bertz CT molecular complexity index is 641. The molecule has 0 unspecified atom stereocenters. The summed E-state index contributed by atoms with van der Waals surface area (Å²) in [6.07, 6.45) is 0. The maximum absolute atomic E-state index is 13.6. The summed E-state index contributed by atoms with van der Waals surface area (Å²) >= 11 is 9.06. The molecular weight excluding hydrogens is 351 g/mol. The molecule has 0 aliphatic heterocycles. The lowest BCUT2D eigenvalue weighted by molar-refractivity contribution is 0.0691. The highest BCUT2D eigenvalue weighted by atomic mass is 79.9. The van der Waals surface area contributed by atoms with Gasteiger partial charge in [0, 0.05) is 10.0 Å². The zero-order chi connectivity index (χ0) is 14.7. The zero-order valence-corrected chi connectivity index (χ0v) is 12.4. The summed E-state index contributed by atoms with van der Waals surface area (Å²) < 4.78 is 19.6. The summed E-state index contributed by atoms with van der Waals surface area (Å²) in [5.74, 6) is -1.47. The molecule has 1 N–H and O–H groups in total. The summed E-state index contributed by atoms with van der Waals surface area (Å²) in [4.78, 5) is 11.1. The Labute approximate surface area is 128 Å². The Morgan fingerprint density at radius 3 is 2.75 bits per heavy atom. The van der Waals surface area contributed by atoms with Crippen LogP contribution >= 0.6 is 27.5 Å². The first-order chi connectivity index (χ1) is 9.49. The topological polar surface area (TPSA) is 46.5 Å². The number of carboxylic acid groups (broad SMARTS) is 1. The van der Waals surface area contributed by atoms with Crippen molar-refractivity contribution >= 4 is 33.5 Å². The van der Waals surface area contributed by atoms with Crippen LogP contribution in [0.3, 0.4) is 0 Å². The van der Waals surface area contributed by atoms with Gasteiger partial charge in [0.1, 0.15) is 23.7 Å². The smallest absolute Gasteiger partial charge is 0.339 e. The predicted octanol–water partition coefficient (Wildman–Crippen LogP) is 4.52. The van der Waals surface area contributed by atoms with E-state index in [1.807, 2.05) is 0 Å². The maximum Gasteiger partial charge on any atom is 0.339 e. The molecule has 0 aliphatic carbocycles. The van der Waals surface area contributed by atoms with Crippen molar-refractivity contribution in [2.24, 2.45) is 0 Å². The van der Waals surface area contributed by atoms with E-state index in [2.05, 4.69) is 15.9 Å². The van der Waals surface area contributed by atoms with Crippen LogP contribution in [0.4, 0.5) is 4.39 Å². The van der Waals surface area contributed by atoms with Crippen molar-refractivity contribution in [1.82, 2.24) is 0 Å². The van der Waals surface area contributed by atoms with Crippen LogP contribution in [0.15, 0.2) is 40.9 Å². The van der Waals surface area contributed by atoms with Crippen molar-refractivity contribution in [1.29, 1.82) is 0 Å². The van der Waals surface area contributed by atoms with Gasteiger partial charge in [-0.25, -0.2) is 9.18 Å². The standard InChI is InChI=1S/C14H9BrClFO3/c15-8-4-5-13(9(6-8)14(18)19)20-7-10-11(16)2-1-3-12(10)17/h1-6H,7H2,(H,18,19). The van der Waals surface area contributed by atoms with Crippen molar-refractivity contribution in [2.45, 2.75) is 6.61 Å². The molecule has 0 heterocycles. The molecule has 0 aliphatic rings. The van der Waals surface area contributed by atoms with Crippen molar-refractivity contribution < 1.29 is 19.0 Å². The third-order valence-electron chi connectivity index (χ3n) is 2.61. The largest absolute Gasteiger partial charge is 0.488 e. The molecule has 0 saturated carbocycles. The summed E-state index contributed by atoms with van der Waals surface area (Å²) in [6.45, 7) is -0.145. The first kappa shape index (κ1) is 14.8. The van der Waals surface area contributed by atoms with Gasteiger partial charge in [0.2, 0.25) is 0 Å². The fourth-order valence-corrected chi connectivity index (χ4v) is 2.19. The summed E-state index contributed by atoms with van der Waals surface area (Å²) in [5, 5.41) is 9.33. The van der Waals surface area contributed by atoms with E-state index in [0.29, 0.717) is 4.47 Å². The van der Waals surface area contributed by atoms with E-state index in [-0.39, 0.29) is 28.5 Å². The minimum absolute atomic E-state index is 0.00756. The highest BCUT2D eigenvalue weighted by Crippen LogP contribution is 2.26. The number of carboxylic acids is 1. The van der Waals surface area contributed by atoms with Gasteiger partial charge >= 0.3 is 5.97 Å². The molecule has 0 atom stereocenters. The zero-order valence-electron chi connectivity index (χ0n) is 10.1. The number of rotatable bonds is 4. The molecular formula is C14H9BrClFO3. The molecule has 0 bridgehead atoms. The second-order valence-corrected chi connectivity index (χ2v) is 5.26. The van der Waals surface area contributed by atoms with E-state index in [4.69, 9.17) is 21.4 Å². The lowest BCUT2D eigenvalue weighted by Crippen LogP contribution is -2.05. The molecule has 0 spiro atoms. The number of halogens is 3. The average Bonchev–Trinajstić information content (AvgIpc) is 2.39. The number of benzene rings is 2. The van der Waals surface area contributed by atoms with E-state index in [9.17, 15) is 9.18 Å². The monoisotopic (exact) mass is 358 g/mol. The molecule has 3 nitrogen and oxygen atoms in total. The summed E-state index contributed by atoms with van der Waals surface area (Å²) in [6, 6.07) is 8.87. The quantitative estimate of drug-likeness (QED) is 0.873. The fraction of sp³-hybridized carbons (Fsp3) is 0.0714. The molecule has 0 saturated heterocycles. The van der Waals surface area contributed by atoms with E-state index in [1.54, 1.807) is 12.1 Å². The van der Waals surface area contributed by atoms with Gasteiger partial charge in [0.15, 0.2) is 0 Å². The third kappa shape index (κ3) is 3.29. The fourth-order valence-electron chi connectivity index (χ4n) is 1.62. The van der Waals surface area contributed by atoms with Gasteiger partial charge in [-0.3, -0.25) is 0 Å². The summed E-state index contributed by atoms with van der Waals surface area (Å²) in [5.41, 5.74) is 0.181. The Balaban J connectivity index is 2.25. The van der Waals surface area contributed by atoms with Gasteiger partial charge in [-0.15, -0.1) is 0 Å². The molecule has 0 amide bonds. The van der Waals surface area contributed by atoms with Crippen LogP contribution in [0, 0.1) is 5.82 Å². The van der Waals surface area contributed by atoms with Gasteiger partial charge in [0.25, 0.3) is 0 Å².